The van der Waals surface area contributed by atoms with Crippen molar-refractivity contribution in [3.8, 4) is 0 Å². The highest BCUT2D eigenvalue weighted by Gasteiger charge is 2.37. The van der Waals surface area contributed by atoms with Gasteiger partial charge in [0, 0.05) is 44.4 Å². The number of aliphatic hydroxyl groups excluding tert-OH is 1. The maximum absolute atomic E-state index is 8.94. The first-order valence-electron chi connectivity index (χ1n) is 8.02. The van der Waals surface area contributed by atoms with E-state index in [1.165, 1.54) is 5.56 Å². The van der Waals surface area contributed by atoms with E-state index < -0.39 is 0 Å². The fraction of sp³-hybridized carbons (Fsp3) is 0.647. The molecule has 2 unspecified atom stereocenters. The summed E-state index contributed by atoms with van der Waals surface area (Å²) in [6.45, 7) is 6.21. The van der Waals surface area contributed by atoms with E-state index in [0.29, 0.717) is 12.6 Å². The normalized spacial score (nSPS) is 24.3. The minimum Gasteiger partial charge on any atom is -0.396 e. The van der Waals surface area contributed by atoms with Crippen LogP contribution >= 0.6 is 0 Å². The monoisotopic (exact) mass is 291 g/mol. The van der Waals surface area contributed by atoms with E-state index in [1.54, 1.807) is 0 Å². The largest absolute Gasteiger partial charge is 0.396 e. The standard InChI is InChI=1S/C17H29N3O/c1-15(6-5-11-21)19-17(13-18)9-10-20(14-17)12-16-7-3-2-4-8-16/h2-4,7-8,15,19,21H,5-6,9-14,18H2,1H3. The maximum atomic E-state index is 8.94. The van der Waals surface area contributed by atoms with Gasteiger partial charge in [-0.1, -0.05) is 30.3 Å². The molecule has 21 heavy (non-hydrogen) atoms. The zero-order valence-electron chi connectivity index (χ0n) is 13.1. The van der Waals surface area contributed by atoms with E-state index in [9.17, 15) is 0 Å². The molecule has 1 aliphatic heterocycles. The van der Waals surface area contributed by atoms with Crippen LogP contribution in [-0.2, 0) is 6.54 Å². The molecular formula is C17H29N3O. The summed E-state index contributed by atoms with van der Waals surface area (Å²) in [5.74, 6) is 0. The molecule has 0 spiro atoms. The molecule has 1 fully saturated rings. The van der Waals surface area contributed by atoms with E-state index >= 15 is 0 Å². The number of nitrogens with one attached hydrogen (secondary N) is 1. The van der Waals surface area contributed by atoms with E-state index in [-0.39, 0.29) is 12.1 Å². The van der Waals surface area contributed by atoms with E-state index in [0.717, 1.165) is 38.9 Å². The molecule has 0 bridgehead atoms. The molecule has 1 aromatic carbocycles. The van der Waals surface area contributed by atoms with Crippen molar-refractivity contribution in [2.45, 2.75) is 44.3 Å². The summed E-state index contributed by atoms with van der Waals surface area (Å²) in [5.41, 5.74) is 7.45. The van der Waals surface area contributed by atoms with Gasteiger partial charge < -0.3 is 16.2 Å². The van der Waals surface area contributed by atoms with Crippen molar-refractivity contribution in [3.63, 3.8) is 0 Å². The second kappa shape index (κ2) is 7.90. The molecule has 1 aliphatic rings. The Morgan fingerprint density at radius 2 is 2.14 bits per heavy atom. The van der Waals surface area contributed by atoms with Gasteiger partial charge in [0.05, 0.1) is 0 Å². The van der Waals surface area contributed by atoms with Crippen LogP contribution in [0.25, 0.3) is 0 Å². The van der Waals surface area contributed by atoms with Gasteiger partial charge >= 0.3 is 0 Å². The van der Waals surface area contributed by atoms with Crippen LogP contribution in [0.1, 0.15) is 31.7 Å². The van der Waals surface area contributed by atoms with E-state index in [1.807, 2.05) is 0 Å². The Hall–Kier alpha value is -0.940. The summed E-state index contributed by atoms with van der Waals surface area (Å²) in [6.07, 6.45) is 2.94. The Morgan fingerprint density at radius 1 is 1.38 bits per heavy atom. The summed E-state index contributed by atoms with van der Waals surface area (Å²) in [5, 5.41) is 12.7. The average molecular weight is 291 g/mol. The van der Waals surface area contributed by atoms with Crippen molar-refractivity contribution in [2.24, 2.45) is 5.73 Å². The molecule has 1 saturated heterocycles. The predicted octanol–water partition coefficient (Wildman–Crippen LogP) is 1.34. The van der Waals surface area contributed by atoms with Crippen LogP contribution in [0.2, 0.25) is 0 Å². The maximum Gasteiger partial charge on any atom is 0.0446 e. The number of hydrogen-bond acceptors (Lipinski definition) is 4. The highest BCUT2D eigenvalue weighted by molar-refractivity contribution is 5.15. The molecule has 0 saturated carbocycles. The lowest BCUT2D eigenvalue weighted by Gasteiger charge is -2.33. The summed E-state index contributed by atoms with van der Waals surface area (Å²) in [7, 11) is 0. The van der Waals surface area contributed by atoms with Crippen LogP contribution in [0, 0.1) is 0 Å². The van der Waals surface area contributed by atoms with Gasteiger partial charge in [0.15, 0.2) is 0 Å². The second-order valence-electron chi connectivity index (χ2n) is 6.34. The lowest BCUT2D eigenvalue weighted by atomic mass is 9.96. The molecule has 1 aromatic rings. The minimum absolute atomic E-state index is 0.0314. The molecule has 2 atom stereocenters. The van der Waals surface area contributed by atoms with Gasteiger partial charge in [0.25, 0.3) is 0 Å². The van der Waals surface area contributed by atoms with Crippen molar-refractivity contribution < 1.29 is 5.11 Å². The molecule has 0 radical (unpaired) electrons. The van der Waals surface area contributed by atoms with Crippen molar-refractivity contribution in [2.75, 3.05) is 26.2 Å². The molecule has 0 aromatic heterocycles. The summed E-state index contributed by atoms with van der Waals surface area (Å²) in [6, 6.07) is 11.0. The fourth-order valence-corrected chi connectivity index (χ4v) is 3.27. The zero-order chi connectivity index (χ0) is 15.1. The second-order valence-corrected chi connectivity index (χ2v) is 6.34. The number of rotatable bonds is 8. The van der Waals surface area contributed by atoms with E-state index in [2.05, 4.69) is 47.5 Å². The van der Waals surface area contributed by atoms with Crippen molar-refractivity contribution in [1.29, 1.82) is 0 Å². The van der Waals surface area contributed by atoms with E-state index in [4.69, 9.17) is 10.8 Å². The Morgan fingerprint density at radius 3 is 2.81 bits per heavy atom. The Bertz CT molecular complexity index is 412. The van der Waals surface area contributed by atoms with Crippen molar-refractivity contribution >= 4 is 0 Å². The fourth-order valence-electron chi connectivity index (χ4n) is 3.27. The van der Waals surface area contributed by atoms with Crippen LogP contribution < -0.4 is 11.1 Å². The Labute approximate surface area is 128 Å². The van der Waals surface area contributed by atoms with Gasteiger partial charge in [-0.05, 0) is 31.7 Å². The van der Waals surface area contributed by atoms with Crippen molar-refractivity contribution in [3.05, 3.63) is 35.9 Å². The summed E-state index contributed by atoms with van der Waals surface area (Å²) >= 11 is 0. The third kappa shape index (κ3) is 4.78. The van der Waals surface area contributed by atoms with Crippen LogP contribution in [0.5, 0.6) is 0 Å². The van der Waals surface area contributed by atoms with Gasteiger partial charge in [-0.15, -0.1) is 0 Å². The lowest BCUT2D eigenvalue weighted by Crippen LogP contribution is -2.56. The molecule has 2 rings (SSSR count). The molecular weight excluding hydrogens is 262 g/mol. The Balaban J connectivity index is 1.88. The van der Waals surface area contributed by atoms with Gasteiger partial charge in [0.2, 0.25) is 0 Å². The van der Waals surface area contributed by atoms with Crippen LogP contribution in [-0.4, -0.2) is 47.8 Å². The molecule has 0 aliphatic carbocycles. The molecule has 1 heterocycles. The highest BCUT2D eigenvalue weighted by atomic mass is 16.2. The number of benzene rings is 1. The lowest BCUT2D eigenvalue weighted by molar-refractivity contribution is 0.242. The van der Waals surface area contributed by atoms with Gasteiger partial charge in [-0.3, -0.25) is 4.90 Å². The van der Waals surface area contributed by atoms with Gasteiger partial charge in [-0.2, -0.15) is 0 Å². The Kier molecular flexibility index (Phi) is 6.18. The zero-order valence-corrected chi connectivity index (χ0v) is 13.1. The summed E-state index contributed by atoms with van der Waals surface area (Å²) in [4.78, 5) is 2.48. The van der Waals surface area contributed by atoms with Gasteiger partial charge in [-0.25, -0.2) is 0 Å². The number of nitrogens with two attached hydrogens (primary N) is 1. The number of likely N-dealkylation sites (tertiary alicyclic amines) is 1. The molecule has 4 N–H and O–H groups in total. The molecule has 4 nitrogen and oxygen atoms in total. The first-order valence-corrected chi connectivity index (χ1v) is 8.02. The van der Waals surface area contributed by atoms with Crippen LogP contribution in [0.4, 0.5) is 0 Å². The van der Waals surface area contributed by atoms with Gasteiger partial charge in [0.1, 0.15) is 0 Å². The minimum atomic E-state index is 0.0314. The highest BCUT2D eigenvalue weighted by Crippen LogP contribution is 2.23. The SMILES string of the molecule is CC(CCCO)NC1(CN)CCN(Cc2ccccc2)C1. The number of aliphatic hydroxyl groups is 1. The quantitative estimate of drug-likeness (QED) is 0.676. The first kappa shape index (κ1) is 16.4. The van der Waals surface area contributed by atoms with Crippen molar-refractivity contribution in [1.82, 2.24) is 10.2 Å². The topological polar surface area (TPSA) is 61.5 Å². The predicted molar refractivity (Wildman–Crippen MR) is 87.0 cm³/mol. The third-order valence-electron chi connectivity index (χ3n) is 4.42. The third-order valence-corrected chi connectivity index (χ3v) is 4.42. The number of hydrogen-bond donors (Lipinski definition) is 3. The number of nitrogens with zero attached hydrogens (tertiary/aromatic N) is 1. The molecule has 118 valence electrons. The van der Waals surface area contributed by atoms with Crippen LogP contribution in [0.3, 0.4) is 0 Å². The smallest absolute Gasteiger partial charge is 0.0446 e. The molecule has 0 amide bonds. The average Bonchev–Trinajstić information content (AvgIpc) is 2.89. The first-order chi connectivity index (χ1) is 10.2. The summed E-state index contributed by atoms with van der Waals surface area (Å²) < 4.78 is 0. The van der Waals surface area contributed by atoms with Crippen LogP contribution in [0.15, 0.2) is 30.3 Å². The molecule has 4 heteroatoms.